The van der Waals surface area contributed by atoms with Crippen LogP contribution < -0.4 is 10.2 Å². The van der Waals surface area contributed by atoms with E-state index in [-0.39, 0.29) is 5.91 Å². The van der Waals surface area contributed by atoms with Gasteiger partial charge in [0.05, 0.1) is 0 Å². The first-order valence-corrected chi connectivity index (χ1v) is 4.57. The van der Waals surface area contributed by atoms with Crippen molar-refractivity contribution in [3.63, 3.8) is 0 Å². The van der Waals surface area contributed by atoms with Crippen LogP contribution in [0.3, 0.4) is 0 Å². The molecule has 0 saturated heterocycles. The van der Waals surface area contributed by atoms with Crippen molar-refractivity contribution in [2.75, 3.05) is 25.5 Å². The van der Waals surface area contributed by atoms with Gasteiger partial charge in [0.1, 0.15) is 11.5 Å². The van der Waals surface area contributed by atoms with E-state index in [0.717, 1.165) is 5.82 Å². The van der Waals surface area contributed by atoms with Gasteiger partial charge in [-0.15, -0.1) is 0 Å². The van der Waals surface area contributed by atoms with E-state index >= 15 is 0 Å². The Balaban J connectivity index is 2.88. The standard InChI is InChI=1S/C10H15N3O/c1-4-11-10(14)8-6-5-7-9(12-8)13(2)3/h5-7H,4H2,1-3H3,(H,11,14). The second-order valence-corrected chi connectivity index (χ2v) is 3.13. The van der Waals surface area contributed by atoms with Crippen LogP contribution in [0.25, 0.3) is 0 Å². The zero-order valence-electron chi connectivity index (χ0n) is 8.74. The first kappa shape index (κ1) is 10.5. The highest BCUT2D eigenvalue weighted by Crippen LogP contribution is 2.07. The van der Waals surface area contributed by atoms with Crippen molar-refractivity contribution in [2.45, 2.75) is 6.92 Å². The summed E-state index contributed by atoms with van der Waals surface area (Å²) < 4.78 is 0. The predicted octanol–water partition coefficient (Wildman–Crippen LogP) is 0.897. The summed E-state index contributed by atoms with van der Waals surface area (Å²) in [5, 5.41) is 2.71. The van der Waals surface area contributed by atoms with E-state index in [0.29, 0.717) is 12.2 Å². The van der Waals surface area contributed by atoms with Gasteiger partial charge in [0.15, 0.2) is 0 Å². The lowest BCUT2D eigenvalue weighted by molar-refractivity contribution is 0.0951. The molecule has 1 N–H and O–H groups in total. The Hall–Kier alpha value is -1.58. The molecule has 0 unspecified atom stereocenters. The molecule has 0 fully saturated rings. The third-order valence-corrected chi connectivity index (χ3v) is 1.76. The van der Waals surface area contributed by atoms with E-state index in [1.807, 2.05) is 38.1 Å². The Morgan fingerprint density at radius 2 is 2.21 bits per heavy atom. The van der Waals surface area contributed by atoms with Gasteiger partial charge in [0.2, 0.25) is 0 Å². The number of carbonyl (C=O) groups is 1. The van der Waals surface area contributed by atoms with Crippen LogP contribution in [0.5, 0.6) is 0 Å². The number of pyridine rings is 1. The Kier molecular flexibility index (Phi) is 3.45. The average molecular weight is 193 g/mol. The van der Waals surface area contributed by atoms with Gasteiger partial charge in [-0.2, -0.15) is 0 Å². The molecule has 0 aliphatic heterocycles. The molecule has 0 aliphatic carbocycles. The van der Waals surface area contributed by atoms with Gasteiger partial charge >= 0.3 is 0 Å². The number of nitrogens with one attached hydrogen (secondary N) is 1. The zero-order chi connectivity index (χ0) is 10.6. The van der Waals surface area contributed by atoms with Crippen molar-refractivity contribution in [3.8, 4) is 0 Å². The topological polar surface area (TPSA) is 45.2 Å². The Morgan fingerprint density at radius 1 is 1.50 bits per heavy atom. The maximum atomic E-state index is 11.4. The molecule has 0 atom stereocenters. The van der Waals surface area contributed by atoms with E-state index in [1.54, 1.807) is 6.07 Å². The Bertz CT molecular complexity index is 323. The number of carbonyl (C=O) groups excluding carboxylic acids is 1. The fraction of sp³-hybridized carbons (Fsp3) is 0.400. The van der Waals surface area contributed by atoms with Gasteiger partial charge < -0.3 is 10.2 Å². The first-order chi connectivity index (χ1) is 6.65. The number of hydrogen-bond donors (Lipinski definition) is 1. The fourth-order valence-corrected chi connectivity index (χ4v) is 1.05. The third-order valence-electron chi connectivity index (χ3n) is 1.76. The molecule has 1 aromatic heterocycles. The summed E-state index contributed by atoms with van der Waals surface area (Å²) in [6, 6.07) is 5.40. The highest BCUT2D eigenvalue weighted by molar-refractivity contribution is 5.92. The summed E-state index contributed by atoms with van der Waals surface area (Å²) in [5.41, 5.74) is 0.457. The second kappa shape index (κ2) is 4.60. The summed E-state index contributed by atoms with van der Waals surface area (Å²) in [4.78, 5) is 17.5. The zero-order valence-corrected chi connectivity index (χ0v) is 8.74. The quantitative estimate of drug-likeness (QED) is 0.775. The maximum absolute atomic E-state index is 11.4. The summed E-state index contributed by atoms with van der Waals surface area (Å²) in [6.07, 6.45) is 0. The van der Waals surface area contributed by atoms with Gasteiger partial charge in [-0.3, -0.25) is 4.79 Å². The number of aromatic nitrogens is 1. The van der Waals surface area contributed by atoms with E-state index < -0.39 is 0 Å². The van der Waals surface area contributed by atoms with Gasteiger partial charge in [0, 0.05) is 20.6 Å². The van der Waals surface area contributed by atoms with Gasteiger partial charge in [-0.05, 0) is 19.1 Å². The maximum Gasteiger partial charge on any atom is 0.269 e. The van der Waals surface area contributed by atoms with Gasteiger partial charge in [-0.1, -0.05) is 6.07 Å². The molecule has 76 valence electrons. The molecule has 4 nitrogen and oxygen atoms in total. The van der Waals surface area contributed by atoms with E-state index in [1.165, 1.54) is 0 Å². The average Bonchev–Trinajstić information content (AvgIpc) is 2.18. The van der Waals surface area contributed by atoms with Crippen LogP contribution in [0.1, 0.15) is 17.4 Å². The minimum Gasteiger partial charge on any atom is -0.363 e. The van der Waals surface area contributed by atoms with Crippen molar-refractivity contribution in [1.82, 2.24) is 10.3 Å². The molecular formula is C10H15N3O. The molecule has 0 bridgehead atoms. The molecule has 1 rings (SSSR count). The minimum atomic E-state index is -0.129. The molecule has 1 heterocycles. The monoisotopic (exact) mass is 193 g/mol. The van der Waals surface area contributed by atoms with Crippen molar-refractivity contribution < 1.29 is 4.79 Å². The summed E-state index contributed by atoms with van der Waals surface area (Å²) in [5.74, 6) is 0.657. The summed E-state index contributed by atoms with van der Waals surface area (Å²) in [6.45, 7) is 2.50. The number of hydrogen-bond acceptors (Lipinski definition) is 3. The molecule has 0 radical (unpaired) electrons. The molecule has 14 heavy (non-hydrogen) atoms. The molecular weight excluding hydrogens is 178 g/mol. The SMILES string of the molecule is CCNC(=O)c1cccc(N(C)C)n1. The van der Waals surface area contributed by atoms with Crippen LogP contribution in [-0.4, -0.2) is 31.5 Å². The van der Waals surface area contributed by atoms with Crippen molar-refractivity contribution in [1.29, 1.82) is 0 Å². The van der Waals surface area contributed by atoms with E-state index in [4.69, 9.17) is 0 Å². The van der Waals surface area contributed by atoms with Crippen LogP contribution in [0, 0.1) is 0 Å². The van der Waals surface area contributed by atoms with Gasteiger partial charge in [0.25, 0.3) is 5.91 Å². The van der Waals surface area contributed by atoms with E-state index in [9.17, 15) is 4.79 Å². The highest BCUT2D eigenvalue weighted by atomic mass is 16.1. The molecule has 0 spiro atoms. The summed E-state index contributed by atoms with van der Waals surface area (Å²) in [7, 11) is 3.79. The van der Waals surface area contributed by atoms with E-state index in [2.05, 4.69) is 10.3 Å². The van der Waals surface area contributed by atoms with Crippen LogP contribution in [0.4, 0.5) is 5.82 Å². The Morgan fingerprint density at radius 3 is 2.79 bits per heavy atom. The number of rotatable bonds is 3. The van der Waals surface area contributed by atoms with Crippen LogP contribution >= 0.6 is 0 Å². The van der Waals surface area contributed by atoms with Crippen LogP contribution in [0.15, 0.2) is 18.2 Å². The second-order valence-electron chi connectivity index (χ2n) is 3.13. The number of nitrogens with zero attached hydrogens (tertiary/aromatic N) is 2. The molecule has 1 aromatic rings. The predicted molar refractivity (Wildman–Crippen MR) is 56.6 cm³/mol. The molecule has 0 aromatic carbocycles. The number of amides is 1. The normalized spacial score (nSPS) is 9.64. The van der Waals surface area contributed by atoms with Crippen LogP contribution in [0.2, 0.25) is 0 Å². The smallest absolute Gasteiger partial charge is 0.269 e. The number of anilines is 1. The van der Waals surface area contributed by atoms with Crippen molar-refractivity contribution in [3.05, 3.63) is 23.9 Å². The first-order valence-electron chi connectivity index (χ1n) is 4.57. The molecule has 0 aliphatic rings. The largest absolute Gasteiger partial charge is 0.363 e. The van der Waals surface area contributed by atoms with Crippen molar-refractivity contribution >= 4 is 11.7 Å². The van der Waals surface area contributed by atoms with Crippen LogP contribution in [-0.2, 0) is 0 Å². The molecule has 4 heteroatoms. The lowest BCUT2D eigenvalue weighted by Gasteiger charge is -2.11. The molecule has 0 saturated carbocycles. The van der Waals surface area contributed by atoms with Crippen molar-refractivity contribution in [2.24, 2.45) is 0 Å². The fourth-order valence-electron chi connectivity index (χ4n) is 1.05. The lowest BCUT2D eigenvalue weighted by Crippen LogP contribution is -2.24. The van der Waals surface area contributed by atoms with Gasteiger partial charge in [-0.25, -0.2) is 4.98 Å². The Labute approximate surface area is 83.9 Å². The molecule has 1 amide bonds. The third kappa shape index (κ3) is 2.45. The lowest BCUT2D eigenvalue weighted by atomic mass is 10.3. The minimum absolute atomic E-state index is 0.129. The highest BCUT2D eigenvalue weighted by Gasteiger charge is 2.06. The summed E-state index contributed by atoms with van der Waals surface area (Å²) >= 11 is 0.